The van der Waals surface area contributed by atoms with Crippen LogP contribution in [0.5, 0.6) is 0 Å². The van der Waals surface area contributed by atoms with Gasteiger partial charge in [0.05, 0.1) is 12.0 Å². The standard InChI is InChI=1S/C17H18F3NO4/c1-15(24,17(18,19)20)10-13(22)21-8-6-16(7-9-21)12-5-3-2-4-11(12)14(23)25-16/h2-5,24H,6-10H2,1H3. The molecule has 3 rings (SSSR count). The quantitative estimate of drug-likeness (QED) is 0.826. The lowest BCUT2D eigenvalue weighted by Crippen LogP contribution is -2.50. The first kappa shape index (κ1) is 17.7. The molecule has 1 unspecified atom stereocenters. The van der Waals surface area contributed by atoms with Gasteiger partial charge in [0.1, 0.15) is 5.60 Å². The minimum Gasteiger partial charge on any atom is -0.450 e. The van der Waals surface area contributed by atoms with Gasteiger partial charge in [-0.15, -0.1) is 0 Å². The normalized spacial score (nSPS) is 21.6. The van der Waals surface area contributed by atoms with Crippen LogP contribution >= 0.6 is 0 Å². The minimum atomic E-state index is -4.88. The van der Waals surface area contributed by atoms with Crippen LogP contribution in [0.1, 0.15) is 42.1 Å². The van der Waals surface area contributed by atoms with Gasteiger partial charge in [-0.25, -0.2) is 4.79 Å². The Morgan fingerprint density at radius 1 is 1.28 bits per heavy atom. The van der Waals surface area contributed by atoms with Crippen molar-refractivity contribution in [3.05, 3.63) is 35.4 Å². The number of hydrogen-bond donors (Lipinski definition) is 1. The Morgan fingerprint density at radius 3 is 2.48 bits per heavy atom. The molecule has 1 fully saturated rings. The van der Waals surface area contributed by atoms with E-state index < -0.39 is 35.7 Å². The number of likely N-dealkylation sites (tertiary alicyclic amines) is 1. The van der Waals surface area contributed by atoms with Crippen LogP contribution in [0.25, 0.3) is 0 Å². The lowest BCUT2D eigenvalue weighted by Gasteiger charge is -2.39. The number of benzene rings is 1. The van der Waals surface area contributed by atoms with Gasteiger partial charge >= 0.3 is 12.1 Å². The lowest BCUT2D eigenvalue weighted by molar-refractivity contribution is -0.254. The Bertz CT molecular complexity index is 706. The number of carbonyl (C=O) groups excluding carboxylic acids is 2. The first-order chi connectivity index (χ1) is 11.6. The van der Waals surface area contributed by atoms with Crippen LogP contribution in [0.4, 0.5) is 13.2 Å². The number of ether oxygens (including phenoxy) is 1. The van der Waals surface area contributed by atoms with Crippen molar-refractivity contribution >= 4 is 11.9 Å². The zero-order chi connectivity index (χ0) is 18.5. The second-order valence-electron chi connectivity index (χ2n) is 6.76. The third kappa shape index (κ3) is 2.99. The molecule has 2 aliphatic rings. The molecular weight excluding hydrogens is 339 g/mol. The molecule has 0 bridgehead atoms. The summed E-state index contributed by atoms with van der Waals surface area (Å²) in [6.45, 7) is 0.911. The van der Waals surface area contributed by atoms with Gasteiger partial charge in [0.25, 0.3) is 0 Å². The molecule has 5 nitrogen and oxygen atoms in total. The maximum atomic E-state index is 12.7. The zero-order valence-electron chi connectivity index (χ0n) is 13.6. The van der Waals surface area contributed by atoms with Gasteiger partial charge in [0.15, 0.2) is 5.60 Å². The van der Waals surface area contributed by atoms with E-state index in [0.29, 0.717) is 25.3 Å². The van der Waals surface area contributed by atoms with Crippen molar-refractivity contribution in [2.45, 2.75) is 43.6 Å². The van der Waals surface area contributed by atoms with E-state index in [2.05, 4.69) is 0 Å². The van der Waals surface area contributed by atoms with E-state index >= 15 is 0 Å². The molecule has 0 aliphatic carbocycles. The van der Waals surface area contributed by atoms with Crippen LogP contribution < -0.4 is 0 Å². The monoisotopic (exact) mass is 357 g/mol. The molecule has 1 aromatic carbocycles. The van der Waals surface area contributed by atoms with E-state index in [1.54, 1.807) is 24.3 Å². The highest BCUT2D eigenvalue weighted by Gasteiger charge is 2.52. The molecule has 2 heterocycles. The van der Waals surface area contributed by atoms with Crippen molar-refractivity contribution in [3.63, 3.8) is 0 Å². The number of rotatable bonds is 2. The predicted octanol–water partition coefficient (Wildman–Crippen LogP) is 2.38. The molecule has 1 spiro atoms. The number of fused-ring (bicyclic) bond motifs is 2. The average Bonchev–Trinajstić information content (AvgIpc) is 2.79. The highest BCUT2D eigenvalue weighted by atomic mass is 19.4. The summed E-state index contributed by atoms with van der Waals surface area (Å²) < 4.78 is 43.7. The molecule has 1 atom stereocenters. The molecule has 1 aromatic rings. The maximum Gasteiger partial charge on any atom is 0.417 e. The maximum absolute atomic E-state index is 12.7. The fraction of sp³-hybridized carbons (Fsp3) is 0.529. The lowest BCUT2D eigenvalue weighted by atomic mass is 9.83. The van der Waals surface area contributed by atoms with Gasteiger partial charge in [-0.3, -0.25) is 4.79 Å². The number of piperidine rings is 1. The van der Waals surface area contributed by atoms with Gasteiger partial charge in [-0.05, 0) is 13.0 Å². The Labute approximate surface area is 142 Å². The number of alkyl halides is 3. The third-order valence-electron chi connectivity index (χ3n) is 4.96. The number of halogens is 3. The summed E-state index contributed by atoms with van der Waals surface area (Å²) in [7, 11) is 0. The summed E-state index contributed by atoms with van der Waals surface area (Å²) in [6.07, 6.45) is -5.27. The van der Waals surface area contributed by atoms with Crippen molar-refractivity contribution in [2.75, 3.05) is 13.1 Å². The topological polar surface area (TPSA) is 66.8 Å². The number of nitrogens with zero attached hydrogens (tertiary/aromatic N) is 1. The van der Waals surface area contributed by atoms with Crippen LogP contribution in [-0.4, -0.2) is 46.7 Å². The Morgan fingerprint density at radius 2 is 1.88 bits per heavy atom. The van der Waals surface area contributed by atoms with Gasteiger partial charge < -0.3 is 14.7 Å². The zero-order valence-corrected chi connectivity index (χ0v) is 13.6. The molecule has 25 heavy (non-hydrogen) atoms. The Balaban J connectivity index is 1.69. The van der Waals surface area contributed by atoms with Crippen molar-refractivity contribution in [2.24, 2.45) is 0 Å². The summed E-state index contributed by atoms with van der Waals surface area (Å²) in [4.78, 5) is 25.4. The van der Waals surface area contributed by atoms with Gasteiger partial charge in [0.2, 0.25) is 5.91 Å². The second-order valence-corrected chi connectivity index (χ2v) is 6.76. The van der Waals surface area contributed by atoms with Crippen LogP contribution in [0.3, 0.4) is 0 Å². The van der Waals surface area contributed by atoms with E-state index in [0.717, 1.165) is 5.56 Å². The molecule has 0 saturated carbocycles. The molecule has 8 heteroatoms. The second kappa shape index (κ2) is 5.72. The van der Waals surface area contributed by atoms with E-state index in [-0.39, 0.29) is 13.1 Å². The summed E-state index contributed by atoms with van der Waals surface area (Å²) in [6, 6.07) is 6.99. The highest BCUT2D eigenvalue weighted by Crippen LogP contribution is 2.44. The molecular formula is C17H18F3NO4. The highest BCUT2D eigenvalue weighted by molar-refractivity contribution is 5.94. The fourth-order valence-electron chi connectivity index (χ4n) is 3.34. The van der Waals surface area contributed by atoms with Crippen LogP contribution in [0.2, 0.25) is 0 Å². The van der Waals surface area contributed by atoms with Crippen molar-refractivity contribution in [1.29, 1.82) is 0 Å². The molecule has 1 saturated heterocycles. The number of esters is 1. The van der Waals surface area contributed by atoms with E-state index in [9.17, 15) is 27.9 Å². The molecule has 2 aliphatic heterocycles. The fourth-order valence-corrected chi connectivity index (χ4v) is 3.34. The van der Waals surface area contributed by atoms with Gasteiger partial charge in [0, 0.05) is 31.5 Å². The first-order valence-corrected chi connectivity index (χ1v) is 7.95. The van der Waals surface area contributed by atoms with Gasteiger partial charge in [-0.1, -0.05) is 18.2 Å². The Kier molecular flexibility index (Phi) is 4.06. The first-order valence-electron chi connectivity index (χ1n) is 7.95. The van der Waals surface area contributed by atoms with Crippen LogP contribution in [0, 0.1) is 0 Å². The number of hydrogen-bond acceptors (Lipinski definition) is 4. The van der Waals surface area contributed by atoms with E-state index in [4.69, 9.17) is 4.74 Å². The van der Waals surface area contributed by atoms with E-state index in [1.807, 2.05) is 0 Å². The number of aliphatic hydroxyl groups is 1. The predicted molar refractivity (Wildman–Crippen MR) is 80.6 cm³/mol. The summed E-state index contributed by atoms with van der Waals surface area (Å²) >= 11 is 0. The summed E-state index contributed by atoms with van der Waals surface area (Å²) in [5.74, 6) is -1.19. The molecule has 136 valence electrons. The molecule has 0 radical (unpaired) electrons. The smallest absolute Gasteiger partial charge is 0.417 e. The summed E-state index contributed by atoms with van der Waals surface area (Å²) in [5.41, 5.74) is -2.64. The number of carbonyl (C=O) groups is 2. The van der Waals surface area contributed by atoms with Crippen molar-refractivity contribution in [3.8, 4) is 0 Å². The summed E-state index contributed by atoms with van der Waals surface area (Å²) in [5, 5.41) is 9.48. The molecule has 1 amide bonds. The Hall–Kier alpha value is -2.09. The third-order valence-corrected chi connectivity index (χ3v) is 4.96. The average molecular weight is 357 g/mol. The molecule has 1 N–H and O–H groups in total. The number of amides is 1. The van der Waals surface area contributed by atoms with Crippen LogP contribution in [0.15, 0.2) is 24.3 Å². The van der Waals surface area contributed by atoms with Crippen molar-refractivity contribution in [1.82, 2.24) is 4.90 Å². The van der Waals surface area contributed by atoms with Crippen molar-refractivity contribution < 1.29 is 32.6 Å². The molecule has 0 aromatic heterocycles. The van der Waals surface area contributed by atoms with Crippen LogP contribution in [-0.2, 0) is 15.1 Å². The SMILES string of the molecule is CC(O)(CC(=O)N1CCC2(CC1)OC(=O)c1ccccc12)C(F)(F)F. The minimum absolute atomic E-state index is 0.161. The largest absolute Gasteiger partial charge is 0.450 e. The van der Waals surface area contributed by atoms with E-state index in [1.165, 1.54) is 4.90 Å². The van der Waals surface area contributed by atoms with Gasteiger partial charge in [-0.2, -0.15) is 13.2 Å².